The molecule has 0 atom stereocenters. The van der Waals surface area contributed by atoms with Crippen molar-refractivity contribution >= 4 is 5.91 Å². The van der Waals surface area contributed by atoms with Gasteiger partial charge in [-0.1, -0.05) is 30.3 Å². The van der Waals surface area contributed by atoms with E-state index >= 15 is 0 Å². The highest BCUT2D eigenvalue weighted by atomic mass is 16.1. The Bertz CT molecular complexity index is 490. The number of hydrogen-bond donors (Lipinski definition) is 1. The molecule has 0 aliphatic heterocycles. The molecule has 17 heavy (non-hydrogen) atoms. The van der Waals surface area contributed by atoms with Gasteiger partial charge in [0, 0.05) is 12.7 Å². The molecular weight excluding hydrogens is 214 g/mol. The van der Waals surface area contributed by atoms with Crippen LogP contribution in [0.1, 0.15) is 22.8 Å². The number of nitrogens with one attached hydrogen (secondary N) is 1. The molecule has 2 aromatic rings. The summed E-state index contributed by atoms with van der Waals surface area (Å²) >= 11 is 0. The number of benzene rings is 1. The van der Waals surface area contributed by atoms with Crippen molar-refractivity contribution in [1.29, 1.82) is 0 Å². The summed E-state index contributed by atoms with van der Waals surface area (Å²) in [5, 5.41) is 6.92. The minimum Gasteiger partial charge on any atom is -0.352 e. The van der Waals surface area contributed by atoms with E-state index in [9.17, 15) is 4.79 Å². The summed E-state index contributed by atoms with van der Waals surface area (Å²) in [6, 6.07) is 10.0. The molecule has 0 bridgehead atoms. The Kier molecular flexibility index (Phi) is 3.55. The lowest BCUT2D eigenvalue weighted by Gasteiger charge is -2.01. The van der Waals surface area contributed by atoms with Crippen LogP contribution in [0.2, 0.25) is 0 Å². The normalized spacial score (nSPS) is 10.2. The van der Waals surface area contributed by atoms with E-state index in [4.69, 9.17) is 0 Å². The molecule has 0 radical (unpaired) electrons. The molecule has 0 aliphatic carbocycles. The van der Waals surface area contributed by atoms with E-state index in [1.165, 1.54) is 0 Å². The van der Waals surface area contributed by atoms with Crippen LogP contribution in [-0.2, 0) is 6.54 Å². The van der Waals surface area contributed by atoms with Crippen molar-refractivity contribution in [3.63, 3.8) is 0 Å². The van der Waals surface area contributed by atoms with Gasteiger partial charge in [0.2, 0.25) is 0 Å². The number of carbonyl (C=O) groups is 1. The Morgan fingerprint density at radius 2 is 2.12 bits per heavy atom. The van der Waals surface area contributed by atoms with Gasteiger partial charge in [-0.3, -0.25) is 9.48 Å². The first-order valence-corrected chi connectivity index (χ1v) is 5.64. The van der Waals surface area contributed by atoms with Crippen molar-refractivity contribution in [2.24, 2.45) is 0 Å². The van der Waals surface area contributed by atoms with Crippen molar-refractivity contribution in [2.75, 3.05) is 6.54 Å². The van der Waals surface area contributed by atoms with E-state index in [1.807, 2.05) is 37.3 Å². The summed E-state index contributed by atoms with van der Waals surface area (Å²) in [5.41, 5.74) is 1.76. The Balaban J connectivity index is 2.06. The van der Waals surface area contributed by atoms with Crippen LogP contribution in [0.3, 0.4) is 0 Å². The van der Waals surface area contributed by atoms with E-state index in [0.29, 0.717) is 18.7 Å². The molecule has 0 spiro atoms. The van der Waals surface area contributed by atoms with Gasteiger partial charge in [-0.15, -0.1) is 0 Å². The molecule has 4 nitrogen and oxygen atoms in total. The summed E-state index contributed by atoms with van der Waals surface area (Å²) < 4.78 is 1.76. The lowest BCUT2D eigenvalue weighted by Crippen LogP contribution is -2.22. The minimum absolute atomic E-state index is 0.0770. The van der Waals surface area contributed by atoms with Gasteiger partial charge in [0.05, 0.1) is 18.3 Å². The van der Waals surface area contributed by atoms with Crippen LogP contribution in [0.25, 0.3) is 0 Å². The zero-order valence-electron chi connectivity index (χ0n) is 9.76. The molecule has 0 saturated carbocycles. The van der Waals surface area contributed by atoms with Gasteiger partial charge in [0.15, 0.2) is 0 Å². The number of amides is 1. The molecule has 2 rings (SSSR count). The second-order valence-electron chi connectivity index (χ2n) is 3.77. The molecule has 1 heterocycles. The molecule has 0 unspecified atom stereocenters. The van der Waals surface area contributed by atoms with E-state index < -0.39 is 0 Å². The SMILES string of the molecule is CCNC(=O)c1cnn(Cc2ccccc2)c1. The third-order valence-corrected chi connectivity index (χ3v) is 2.42. The largest absolute Gasteiger partial charge is 0.352 e. The van der Waals surface area contributed by atoms with Gasteiger partial charge in [0.25, 0.3) is 5.91 Å². The number of rotatable bonds is 4. The molecule has 1 aromatic heterocycles. The monoisotopic (exact) mass is 229 g/mol. The lowest BCUT2D eigenvalue weighted by molar-refractivity contribution is 0.0955. The highest BCUT2D eigenvalue weighted by Gasteiger charge is 2.06. The van der Waals surface area contributed by atoms with Crippen molar-refractivity contribution in [3.8, 4) is 0 Å². The van der Waals surface area contributed by atoms with Crippen molar-refractivity contribution in [3.05, 3.63) is 53.9 Å². The van der Waals surface area contributed by atoms with Crippen LogP contribution >= 0.6 is 0 Å². The summed E-state index contributed by atoms with van der Waals surface area (Å²) in [6.07, 6.45) is 3.35. The molecule has 0 saturated heterocycles. The quantitative estimate of drug-likeness (QED) is 0.867. The Hall–Kier alpha value is -2.10. The average Bonchev–Trinajstić information content (AvgIpc) is 2.79. The summed E-state index contributed by atoms with van der Waals surface area (Å²) in [4.78, 5) is 11.5. The zero-order valence-corrected chi connectivity index (χ0v) is 9.76. The maximum Gasteiger partial charge on any atom is 0.254 e. The van der Waals surface area contributed by atoms with Crippen LogP contribution in [0, 0.1) is 0 Å². The van der Waals surface area contributed by atoms with Gasteiger partial charge in [0.1, 0.15) is 0 Å². The van der Waals surface area contributed by atoms with Crippen LogP contribution in [0.4, 0.5) is 0 Å². The second kappa shape index (κ2) is 5.30. The molecule has 88 valence electrons. The van der Waals surface area contributed by atoms with E-state index in [0.717, 1.165) is 5.56 Å². The summed E-state index contributed by atoms with van der Waals surface area (Å²) in [6.45, 7) is 3.20. The summed E-state index contributed by atoms with van der Waals surface area (Å²) in [5.74, 6) is -0.0770. The average molecular weight is 229 g/mol. The topological polar surface area (TPSA) is 46.9 Å². The van der Waals surface area contributed by atoms with Crippen LogP contribution < -0.4 is 5.32 Å². The Morgan fingerprint density at radius 3 is 2.82 bits per heavy atom. The highest BCUT2D eigenvalue weighted by molar-refractivity contribution is 5.93. The maximum absolute atomic E-state index is 11.5. The third kappa shape index (κ3) is 2.93. The predicted molar refractivity (Wildman–Crippen MR) is 65.8 cm³/mol. The van der Waals surface area contributed by atoms with Gasteiger partial charge in [-0.2, -0.15) is 5.10 Å². The Labute approximate surface area is 100 Å². The standard InChI is InChI=1S/C13H15N3O/c1-2-14-13(17)12-8-15-16(10-12)9-11-6-4-3-5-7-11/h3-8,10H,2,9H2,1H3,(H,14,17). The summed E-state index contributed by atoms with van der Waals surface area (Å²) in [7, 11) is 0. The maximum atomic E-state index is 11.5. The molecule has 0 aliphatic rings. The van der Waals surface area contributed by atoms with E-state index in [-0.39, 0.29) is 5.91 Å². The van der Waals surface area contributed by atoms with Crippen LogP contribution in [0.5, 0.6) is 0 Å². The van der Waals surface area contributed by atoms with Gasteiger partial charge in [-0.05, 0) is 12.5 Å². The smallest absolute Gasteiger partial charge is 0.254 e. The second-order valence-corrected chi connectivity index (χ2v) is 3.77. The number of hydrogen-bond acceptors (Lipinski definition) is 2. The van der Waals surface area contributed by atoms with Crippen molar-refractivity contribution < 1.29 is 4.79 Å². The molecule has 1 amide bonds. The molecule has 1 aromatic carbocycles. The Morgan fingerprint density at radius 1 is 1.35 bits per heavy atom. The zero-order chi connectivity index (χ0) is 12.1. The fourth-order valence-electron chi connectivity index (χ4n) is 1.60. The van der Waals surface area contributed by atoms with E-state index in [2.05, 4.69) is 10.4 Å². The lowest BCUT2D eigenvalue weighted by atomic mass is 10.2. The fourth-order valence-corrected chi connectivity index (χ4v) is 1.60. The first kappa shape index (κ1) is 11.4. The fraction of sp³-hybridized carbons (Fsp3) is 0.231. The van der Waals surface area contributed by atoms with Crippen molar-refractivity contribution in [1.82, 2.24) is 15.1 Å². The van der Waals surface area contributed by atoms with Gasteiger partial charge < -0.3 is 5.32 Å². The van der Waals surface area contributed by atoms with Crippen LogP contribution in [-0.4, -0.2) is 22.2 Å². The molecule has 4 heteroatoms. The molecule has 0 fully saturated rings. The minimum atomic E-state index is -0.0770. The first-order valence-electron chi connectivity index (χ1n) is 5.64. The van der Waals surface area contributed by atoms with Gasteiger partial charge in [-0.25, -0.2) is 0 Å². The third-order valence-electron chi connectivity index (χ3n) is 2.42. The molecule has 1 N–H and O–H groups in total. The number of nitrogens with zero attached hydrogens (tertiary/aromatic N) is 2. The number of carbonyl (C=O) groups excluding carboxylic acids is 1. The van der Waals surface area contributed by atoms with Gasteiger partial charge >= 0.3 is 0 Å². The highest BCUT2D eigenvalue weighted by Crippen LogP contribution is 2.03. The molecular formula is C13H15N3O. The number of aromatic nitrogens is 2. The van der Waals surface area contributed by atoms with Crippen LogP contribution in [0.15, 0.2) is 42.7 Å². The first-order chi connectivity index (χ1) is 8.29. The van der Waals surface area contributed by atoms with E-state index in [1.54, 1.807) is 17.1 Å². The predicted octanol–water partition coefficient (Wildman–Crippen LogP) is 1.68. The van der Waals surface area contributed by atoms with Crippen molar-refractivity contribution in [2.45, 2.75) is 13.5 Å².